The molecule has 3 rings (SSSR count). The first-order chi connectivity index (χ1) is 10.5. The Morgan fingerprint density at radius 1 is 1.36 bits per heavy atom. The second-order valence-corrected chi connectivity index (χ2v) is 7.26. The molecule has 1 aliphatic heterocycles. The molecule has 6 heteroatoms. The Kier molecular flexibility index (Phi) is 4.47. The second kappa shape index (κ2) is 6.36. The number of aromatic nitrogens is 3. The zero-order chi connectivity index (χ0) is 15.7. The zero-order valence-corrected chi connectivity index (χ0v) is 13.8. The Bertz CT molecular complexity index is 522. The minimum Gasteiger partial charge on any atom is -0.346 e. The highest BCUT2D eigenvalue weighted by atomic mass is 16.2. The molecule has 22 heavy (non-hydrogen) atoms. The predicted octanol–water partition coefficient (Wildman–Crippen LogP) is 1.60. The first-order valence-electron chi connectivity index (χ1n) is 8.45. The van der Waals surface area contributed by atoms with Crippen LogP contribution in [0.5, 0.6) is 0 Å². The minimum atomic E-state index is -0.104. The van der Waals surface area contributed by atoms with E-state index < -0.39 is 0 Å². The summed E-state index contributed by atoms with van der Waals surface area (Å²) in [6, 6.07) is 0.212. The Labute approximate surface area is 132 Å². The van der Waals surface area contributed by atoms with E-state index in [4.69, 9.17) is 0 Å². The summed E-state index contributed by atoms with van der Waals surface area (Å²) < 4.78 is 0. The van der Waals surface area contributed by atoms with Crippen molar-refractivity contribution in [2.75, 3.05) is 19.6 Å². The van der Waals surface area contributed by atoms with Crippen LogP contribution in [-0.2, 0) is 0 Å². The van der Waals surface area contributed by atoms with Crippen molar-refractivity contribution in [3.8, 4) is 0 Å². The van der Waals surface area contributed by atoms with Crippen LogP contribution >= 0.6 is 0 Å². The number of nitrogens with one attached hydrogen (secondary N) is 2. The number of nitrogens with zero attached hydrogens (tertiary/aromatic N) is 3. The van der Waals surface area contributed by atoms with Gasteiger partial charge in [0, 0.05) is 25.7 Å². The molecule has 1 amide bonds. The molecule has 0 spiro atoms. The number of H-pyrrole nitrogens is 1. The van der Waals surface area contributed by atoms with Crippen LogP contribution in [0, 0.1) is 24.7 Å². The molecule has 2 fully saturated rings. The maximum Gasteiger partial charge on any atom is 0.274 e. The summed E-state index contributed by atoms with van der Waals surface area (Å²) in [7, 11) is 0. The quantitative estimate of drug-likeness (QED) is 0.866. The molecule has 2 atom stereocenters. The Balaban J connectivity index is 1.62. The molecule has 2 aliphatic rings. The smallest absolute Gasteiger partial charge is 0.274 e. The van der Waals surface area contributed by atoms with Crippen molar-refractivity contribution >= 4 is 5.91 Å². The summed E-state index contributed by atoms with van der Waals surface area (Å²) in [5, 5.41) is 13.6. The molecule has 1 aliphatic carbocycles. The SMILES string of the molecule is Cc1n[nH]nc1C(=O)N[C@H]1CN(CC2CCC2)C[C@@H]1C(C)C. The van der Waals surface area contributed by atoms with Crippen molar-refractivity contribution < 1.29 is 4.79 Å². The monoisotopic (exact) mass is 305 g/mol. The molecular weight excluding hydrogens is 278 g/mol. The summed E-state index contributed by atoms with van der Waals surface area (Å²) >= 11 is 0. The lowest BCUT2D eigenvalue weighted by Gasteiger charge is -2.30. The Morgan fingerprint density at radius 3 is 2.68 bits per heavy atom. The minimum absolute atomic E-state index is 0.104. The van der Waals surface area contributed by atoms with Crippen LogP contribution in [0.25, 0.3) is 0 Å². The van der Waals surface area contributed by atoms with E-state index in [1.807, 2.05) is 0 Å². The fourth-order valence-electron chi connectivity index (χ4n) is 3.67. The topological polar surface area (TPSA) is 73.9 Å². The lowest BCUT2D eigenvalue weighted by Crippen LogP contribution is -2.42. The van der Waals surface area contributed by atoms with E-state index in [1.54, 1.807) is 6.92 Å². The Hall–Kier alpha value is -1.43. The van der Waals surface area contributed by atoms with Gasteiger partial charge in [-0.25, -0.2) is 0 Å². The Morgan fingerprint density at radius 2 is 2.14 bits per heavy atom. The van der Waals surface area contributed by atoms with E-state index in [0.29, 0.717) is 23.2 Å². The van der Waals surface area contributed by atoms with Crippen LogP contribution in [0.3, 0.4) is 0 Å². The fourth-order valence-corrected chi connectivity index (χ4v) is 3.67. The molecule has 1 aromatic rings. The summed E-state index contributed by atoms with van der Waals surface area (Å²) in [5.41, 5.74) is 1.07. The average Bonchev–Trinajstić information content (AvgIpc) is 3.00. The van der Waals surface area contributed by atoms with Gasteiger partial charge in [0.1, 0.15) is 0 Å². The molecule has 2 N–H and O–H groups in total. The number of amides is 1. The van der Waals surface area contributed by atoms with Gasteiger partial charge in [-0.15, -0.1) is 0 Å². The van der Waals surface area contributed by atoms with Gasteiger partial charge in [0.05, 0.1) is 5.69 Å². The molecule has 0 radical (unpaired) electrons. The van der Waals surface area contributed by atoms with Gasteiger partial charge in [-0.2, -0.15) is 15.4 Å². The van der Waals surface area contributed by atoms with Gasteiger partial charge in [-0.1, -0.05) is 20.3 Å². The van der Waals surface area contributed by atoms with Crippen molar-refractivity contribution in [2.24, 2.45) is 17.8 Å². The molecule has 2 heterocycles. The van der Waals surface area contributed by atoms with Crippen LogP contribution < -0.4 is 5.32 Å². The van der Waals surface area contributed by atoms with Crippen LogP contribution in [0.2, 0.25) is 0 Å². The van der Waals surface area contributed by atoms with E-state index in [9.17, 15) is 4.79 Å². The predicted molar refractivity (Wildman–Crippen MR) is 84.5 cm³/mol. The molecule has 6 nitrogen and oxygen atoms in total. The molecule has 1 saturated heterocycles. The van der Waals surface area contributed by atoms with Gasteiger partial charge in [0.2, 0.25) is 0 Å². The lowest BCUT2D eigenvalue weighted by atomic mass is 9.85. The van der Waals surface area contributed by atoms with Gasteiger partial charge < -0.3 is 10.2 Å². The van der Waals surface area contributed by atoms with E-state index in [-0.39, 0.29) is 11.9 Å². The van der Waals surface area contributed by atoms with E-state index in [2.05, 4.69) is 39.5 Å². The van der Waals surface area contributed by atoms with Crippen molar-refractivity contribution in [3.05, 3.63) is 11.4 Å². The number of aromatic amines is 1. The molecule has 1 aromatic heterocycles. The van der Waals surface area contributed by atoms with Crippen LogP contribution in [0.1, 0.15) is 49.3 Å². The maximum absolute atomic E-state index is 12.4. The third-order valence-electron chi connectivity index (χ3n) is 5.29. The first kappa shape index (κ1) is 15.5. The lowest BCUT2D eigenvalue weighted by molar-refractivity contribution is 0.0919. The zero-order valence-electron chi connectivity index (χ0n) is 13.8. The number of likely N-dealkylation sites (tertiary alicyclic amines) is 1. The third-order valence-corrected chi connectivity index (χ3v) is 5.29. The first-order valence-corrected chi connectivity index (χ1v) is 8.45. The normalized spacial score (nSPS) is 26.4. The summed E-state index contributed by atoms with van der Waals surface area (Å²) in [6.07, 6.45) is 4.13. The summed E-state index contributed by atoms with van der Waals surface area (Å²) in [4.78, 5) is 14.9. The average molecular weight is 305 g/mol. The highest BCUT2D eigenvalue weighted by molar-refractivity contribution is 5.93. The number of aryl methyl sites for hydroxylation is 1. The van der Waals surface area contributed by atoms with Crippen molar-refractivity contribution in [1.29, 1.82) is 0 Å². The highest BCUT2D eigenvalue weighted by Gasteiger charge is 2.37. The van der Waals surface area contributed by atoms with E-state index in [0.717, 1.165) is 19.0 Å². The van der Waals surface area contributed by atoms with Gasteiger partial charge in [0.25, 0.3) is 5.91 Å². The molecule has 1 saturated carbocycles. The van der Waals surface area contributed by atoms with Gasteiger partial charge >= 0.3 is 0 Å². The van der Waals surface area contributed by atoms with Gasteiger partial charge in [-0.3, -0.25) is 4.79 Å². The van der Waals surface area contributed by atoms with E-state index >= 15 is 0 Å². The fraction of sp³-hybridized carbons (Fsp3) is 0.812. The maximum atomic E-state index is 12.4. The van der Waals surface area contributed by atoms with Gasteiger partial charge in [0.15, 0.2) is 5.69 Å². The largest absolute Gasteiger partial charge is 0.346 e. The summed E-state index contributed by atoms with van der Waals surface area (Å²) in [6.45, 7) is 9.55. The van der Waals surface area contributed by atoms with Crippen molar-refractivity contribution in [1.82, 2.24) is 25.6 Å². The van der Waals surface area contributed by atoms with Gasteiger partial charge in [-0.05, 0) is 37.5 Å². The van der Waals surface area contributed by atoms with Crippen molar-refractivity contribution in [3.63, 3.8) is 0 Å². The van der Waals surface area contributed by atoms with Crippen LogP contribution in [-0.4, -0.2) is 51.9 Å². The highest BCUT2D eigenvalue weighted by Crippen LogP contribution is 2.31. The van der Waals surface area contributed by atoms with Crippen LogP contribution in [0.15, 0.2) is 0 Å². The van der Waals surface area contributed by atoms with Crippen LogP contribution in [0.4, 0.5) is 0 Å². The molecule has 0 bridgehead atoms. The van der Waals surface area contributed by atoms with Crippen molar-refractivity contribution in [2.45, 2.75) is 46.1 Å². The number of hydrogen-bond donors (Lipinski definition) is 2. The molecule has 0 unspecified atom stereocenters. The molecular formula is C16H27N5O. The van der Waals surface area contributed by atoms with E-state index in [1.165, 1.54) is 25.8 Å². The number of hydrogen-bond acceptors (Lipinski definition) is 4. The number of rotatable bonds is 5. The molecule has 122 valence electrons. The summed E-state index contributed by atoms with van der Waals surface area (Å²) in [5.74, 6) is 1.85. The third kappa shape index (κ3) is 3.16. The standard InChI is InChI=1S/C16H27N5O/c1-10(2)13-8-21(7-12-5-4-6-12)9-14(13)17-16(22)15-11(3)18-20-19-15/h10,12-14H,4-9H2,1-3H3,(H,17,22)(H,18,19,20)/t13-,14+/m1/s1. The second-order valence-electron chi connectivity index (χ2n) is 7.26. The number of carbonyl (C=O) groups excluding carboxylic acids is 1. The number of carbonyl (C=O) groups is 1. The molecule has 0 aromatic carbocycles.